The summed E-state index contributed by atoms with van der Waals surface area (Å²) in [6.07, 6.45) is 1.02. The number of carbonyl (C=O) groups is 2. The number of nitrogens with one attached hydrogen (secondary N) is 2. The summed E-state index contributed by atoms with van der Waals surface area (Å²) in [7, 11) is 1.32. The van der Waals surface area contributed by atoms with E-state index >= 15 is 0 Å². The van der Waals surface area contributed by atoms with Gasteiger partial charge in [0.1, 0.15) is 6.04 Å². The van der Waals surface area contributed by atoms with Crippen LogP contribution in [0.1, 0.15) is 39.2 Å². The number of fused-ring (bicyclic) bond motifs is 1. The normalized spacial score (nSPS) is 18.8. The first-order valence-electron chi connectivity index (χ1n) is 12.0. The third-order valence-electron chi connectivity index (χ3n) is 5.97. The summed E-state index contributed by atoms with van der Waals surface area (Å²) in [4.78, 5) is 25.7. The molecule has 188 valence electrons. The minimum absolute atomic E-state index is 0.0664. The molecule has 0 bridgehead atoms. The Morgan fingerprint density at radius 2 is 1.89 bits per heavy atom. The maximum atomic E-state index is 12.9. The average Bonchev–Trinajstić information content (AvgIpc) is 2.96. The summed E-state index contributed by atoms with van der Waals surface area (Å²) < 4.78 is 5.23. The zero-order valence-corrected chi connectivity index (χ0v) is 20.8. The molecule has 0 radical (unpaired) electrons. The number of methoxy groups -OCH3 is 1. The van der Waals surface area contributed by atoms with E-state index in [2.05, 4.69) is 16.7 Å². The monoisotopic (exact) mass is 480 g/mol. The predicted molar refractivity (Wildman–Crippen MR) is 137 cm³/mol. The van der Waals surface area contributed by atoms with Crippen LogP contribution in [0.4, 0.5) is 5.69 Å². The first-order chi connectivity index (χ1) is 16.6. The molecule has 4 atom stereocenters. The quantitative estimate of drug-likeness (QED) is 0.433. The molecule has 7 heteroatoms. The number of carbonyl (C=O) groups excluding carboxylic acids is 2. The van der Waals surface area contributed by atoms with E-state index in [9.17, 15) is 19.8 Å². The molecule has 0 spiro atoms. The molecule has 1 heterocycles. The van der Waals surface area contributed by atoms with Crippen molar-refractivity contribution in [3.8, 4) is 11.1 Å². The molecule has 0 aliphatic carbocycles. The molecule has 0 saturated heterocycles. The molecule has 35 heavy (non-hydrogen) atoms. The smallest absolute Gasteiger partial charge is 0.252 e. The van der Waals surface area contributed by atoms with E-state index in [0.29, 0.717) is 12.8 Å². The van der Waals surface area contributed by atoms with Crippen LogP contribution in [-0.2, 0) is 20.7 Å². The third-order valence-corrected chi connectivity index (χ3v) is 5.97. The summed E-state index contributed by atoms with van der Waals surface area (Å²) in [5.41, 5.74) is 3.75. The van der Waals surface area contributed by atoms with Crippen LogP contribution >= 0.6 is 0 Å². The maximum absolute atomic E-state index is 12.9. The number of hydrogen-bond donors (Lipinski definition) is 4. The number of benzene rings is 2. The van der Waals surface area contributed by atoms with E-state index in [1.54, 1.807) is 6.08 Å². The highest BCUT2D eigenvalue weighted by Crippen LogP contribution is 2.28. The topological polar surface area (TPSA) is 108 Å². The number of allylic oxidation sites excluding steroid dienone is 1. The molecule has 0 fully saturated rings. The minimum atomic E-state index is -1.24. The van der Waals surface area contributed by atoms with Gasteiger partial charge >= 0.3 is 0 Å². The van der Waals surface area contributed by atoms with Crippen LogP contribution in [-0.4, -0.2) is 53.5 Å². The van der Waals surface area contributed by atoms with E-state index in [1.165, 1.54) is 7.11 Å². The standard InChI is InChI=1S/C28H36N2O5/c1-28(2,3)15-14-21(31)17-24(32)25(35-4)27(34)30-23-13-11-20-16-19(18-8-6-5-7-9-18)10-12-22(20)29-26(23)33/h5-10,12,14-16,21,23-25,31-32H,11,13,17H2,1-4H3,(H,29,33)(H,30,34)/b15-14+/t21-,23+,24-,25?/m1/s1. The highest BCUT2D eigenvalue weighted by Gasteiger charge is 2.32. The molecule has 2 aromatic rings. The van der Waals surface area contributed by atoms with Crippen LogP contribution in [0.5, 0.6) is 0 Å². The van der Waals surface area contributed by atoms with Gasteiger partial charge in [0.05, 0.1) is 12.2 Å². The molecule has 4 N–H and O–H groups in total. The van der Waals surface area contributed by atoms with Gasteiger partial charge in [-0.15, -0.1) is 0 Å². The van der Waals surface area contributed by atoms with E-state index in [4.69, 9.17) is 4.74 Å². The van der Waals surface area contributed by atoms with Gasteiger partial charge in [0.2, 0.25) is 5.91 Å². The Balaban J connectivity index is 1.64. The SMILES string of the molecule is COC(C(=O)N[C@H]1CCc2cc(-c3ccccc3)ccc2NC1=O)[C@H](O)C[C@H](O)/C=C/C(C)(C)C. The zero-order valence-electron chi connectivity index (χ0n) is 20.8. The Hall–Kier alpha value is -3.00. The number of ether oxygens (including phenoxy) is 1. The fourth-order valence-electron chi connectivity index (χ4n) is 4.06. The summed E-state index contributed by atoms with van der Waals surface area (Å²) >= 11 is 0. The first-order valence-corrected chi connectivity index (χ1v) is 12.0. The number of rotatable bonds is 8. The average molecular weight is 481 g/mol. The number of anilines is 1. The van der Waals surface area contributed by atoms with Crippen LogP contribution < -0.4 is 10.6 Å². The molecule has 2 amide bonds. The second-order valence-corrected chi connectivity index (χ2v) is 10.1. The van der Waals surface area contributed by atoms with Gasteiger partial charge in [-0.1, -0.05) is 69.3 Å². The third kappa shape index (κ3) is 7.49. The number of hydrogen-bond acceptors (Lipinski definition) is 5. The van der Waals surface area contributed by atoms with Crippen molar-refractivity contribution in [3.05, 3.63) is 66.2 Å². The second kappa shape index (κ2) is 11.6. The molecule has 2 aromatic carbocycles. The van der Waals surface area contributed by atoms with Gasteiger partial charge in [0, 0.05) is 19.2 Å². The number of amides is 2. The van der Waals surface area contributed by atoms with Crippen LogP contribution in [0.3, 0.4) is 0 Å². The molecule has 0 aromatic heterocycles. The van der Waals surface area contributed by atoms with Crippen LogP contribution in [0.25, 0.3) is 11.1 Å². The highest BCUT2D eigenvalue weighted by molar-refractivity contribution is 5.99. The molecule has 1 aliphatic rings. The summed E-state index contributed by atoms with van der Waals surface area (Å²) in [6.45, 7) is 5.99. The van der Waals surface area contributed by atoms with Gasteiger partial charge < -0.3 is 25.6 Å². The van der Waals surface area contributed by atoms with Gasteiger partial charge in [0.25, 0.3) is 5.91 Å². The zero-order chi connectivity index (χ0) is 25.6. The maximum Gasteiger partial charge on any atom is 0.252 e. The molecule has 1 unspecified atom stereocenters. The lowest BCUT2D eigenvalue weighted by molar-refractivity contribution is -0.141. The van der Waals surface area contributed by atoms with Crippen molar-refractivity contribution in [3.63, 3.8) is 0 Å². The van der Waals surface area contributed by atoms with E-state index < -0.39 is 30.3 Å². The van der Waals surface area contributed by atoms with Crippen molar-refractivity contribution < 1.29 is 24.5 Å². The molecular formula is C28H36N2O5. The van der Waals surface area contributed by atoms with Crippen molar-refractivity contribution in [2.45, 2.75) is 64.4 Å². The number of aliphatic hydroxyl groups excluding tert-OH is 2. The molecule has 3 rings (SSSR count). The van der Waals surface area contributed by atoms with E-state index in [0.717, 1.165) is 22.4 Å². The van der Waals surface area contributed by atoms with Gasteiger partial charge in [0.15, 0.2) is 6.10 Å². The Kier molecular flexibility index (Phi) is 8.83. The fraction of sp³-hybridized carbons (Fsp3) is 0.429. The van der Waals surface area contributed by atoms with Gasteiger partial charge in [-0.2, -0.15) is 0 Å². The fourth-order valence-corrected chi connectivity index (χ4v) is 4.06. The van der Waals surface area contributed by atoms with E-state index in [-0.39, 0.29) is 17.7 Å². The molecule has 1 aliphatic heterocycles. The summed E-state index contributed by atoms with van der Waals surface area (Å²) in [5.74, 6) is -0.912. The van der Waals surface area contributed by atoms with Crippen molar-refractivity contribution in [1.82, 2.24) is 5.32 Å². The summed E-state index contributed by atoms with van der Waals surface area (Å²) in [6, 6.07) is 15.1. The van der Waals surface area contributed by atoms with Crippen molar-refractivity contribution >= 4 is 17.5 Å². The van der Waals surface area contributed by atoms with Crippen molar-refractivity contribution in [2.24, 2.45) is 5.41 Å². The molecular weight excluding hydrogens is 444 g/mol. The largest absolute Gasteiger partial charge is 0.390 e. The highest BCUT2D eigenvalue weighted by atomic mass is 16.5. The lowest BCUT2D eigenvalue weighted by Crippen LogP contribution is -2.51. The van der Waals surface area contributed by atoms with Crippen LogP contribution in [0.15, 0.2) is 60.7 Å². The summed E-state index contributed by atoms with van der Waals surface area (Å²) in [5, 5.41) is 26.4. The lowest BCUT2D eigenvalue weighted by Gasteiger charge is -2.24. The van der Waals surface area contributed by atoms with Crippen molar-refractivity contribution in [2.75, 3.05) is 12.4 Å². The Morgan fingerprint density at radius 1 is 1.17 bits per heavy atom. The molecule has 0 saturated carbocycles. The first kappa shape index (κ1) is 26.6. The number of aliphatic hydroxyl groups is 2. The number of aryl methyl sites for hydroxylation is 1. The lowest BCUT2D eigenvalue weighted by atomic mass is 9.94. The Bertz CT molecular complexity index is 1050. The van der Waals surface area contributed by atoms with Gasteiger partial charge in [-0.05, 0) is 47.1 Å². The molecule has 7 nitrogen and oxygen atoms in total. The van der Waals surface area contributed by atoms with Crippen LogP contribution in [0.2, 0.25) is 0 Å². The Morgan fingerprint density at radius 3 is 2.54 bits per heavy atom. The Labute approximate surface area is 207 Å². The van der Waals surface area contributed by atoms with Gasteiger partial charge in [-0.3, -0.25) is 9.59 Å². The van der Waals surface area contributed by atoms with Crippen molar-refractivity contribution in [1.29, 1.82) is 0 Å². The predicted octanol–water partition coefficient (Wildman–Crippen LogP) is 3.45. The second-order valence-electron chi connectivity index (χ2n) is 10.1. The van der Waals surface area contributed by atoms with E-state index in [1.807, 2.05) is 69.3 Å². The van der Waals surface area contributed by atoms with Gasteiger partial charge in [-0.25, -0.2) is 0 Å². The van der Waals surface area contributed by atoms with Crippen LogP contribution in [0, 0.1) is 5.41 Å². The minimum Gasteiger partial charge on any atom is -0.390 e.